The maximum atomic E-state index is 12.3. The van der Waals surface area contributed by atoms with Crippen molar-refractivity contribution in [2.24, 2.45) is 0 Å². The number of halogens is 1. The highest BCUT2D eigenvalue weighted by Gasteiger charge is 2.13. The Morgan fingerprint density at radius 3 is 2.57 bits per heavy atom. The molecule has 2 aromatic rings. The lowest BCUT2D eigenvalue weighted by Crippen LogP contribution is -2.14. The minimum atomic E-state index is -0.461. The zero-order valence-corrected chi connectivity index (χ0v) is 13.1. The van der Waals surface area contributed by atoms with Crippen LogP contribution in [-0.2, 0) is 0 Å². The maximum absolute atomic E-state index is 12.3. The van der Waals surface area contributed by atoms with E-state index in [0.29, 0.717) is 16.8 Å². The van der Waals surface area contributed by atoms with Gasteiger partial charge < -0.3 is 5.32 Å². The summed E-state index contributed by atoms with van der Waals surface area (Å²) in [6.45, 7) is 3.57. The van der Waals surface area contributed by atoms with Crippen LogP contribution in [0, 0.1) is 24.0 Å². The summed E-state index contributed by atoms with van der Waals surface area (Å²) in [5, 5.41) is 13.5. The molecule has 0 saturated heterocycles. The molecular weight excluding hydrogens is 336 g/mol. The normalized spacial score (nSPS) is 10.2. The second kappa shape index (κ2) is 6.05. The molecular formula is C15H13BrN2O3. The fraction of sp³-hybridized carbons (Fsp3) is 0.133. The number of benzene rings is 2. The van der Waals surface area contributed by atoms with E-state index in [0.717, 1.165) is 10.0 Å². The van der Waals surface area contributed by atoms with Gasteiger partial charge in [-0.2, -0.15) is 0 Å². The lowest BCUT2D eigenvalue weighted by atomic mass is 10.1. The number of aryl methyl sites for hydroxylation is 1. The van der Waals surface area contributed by atoms with Gasteiger partial charge in [0.2, 0.25) is 0 Å². The Hall–Kier alpha value is -2.21. The summed E-state index contributed by atoms with van der Waals surface area (Å²) in [5.41, 5.74) is 2.61. The molecule has 0 bridgehead atoms. The molecule has 6 heteroatoms. The SMILES string of the molecule is Cc1cc([N+](=O)[O-])ccc1NC(=O)c1cccc(Br)c1C. The summed E-state index contributed by atoms with van der Waals surface area (Å²) >= 11 is 3.38. The third-order valence-electron chi connectivity index (χ3n) is 3.18. The van der Waals surface area contributed by atoms with Crippen molar-refractivity contribution < 1.29 is 9.72 Å². The summed E-state index contributed by atoms with van der Waals surface area (Å²) in [5.74, 6) is -0.245. The van der Waals surface area contributed by atoms with Gasteiger partial charge in [0.1, 0.15) is 0 Å². The zero-order valence-electron chi connectivity index (χ0n) is 11.5. The van der Waals surface area contributed by atoms with Crippen molar-refractivity contribution in [2.75, 3.05) is 5.32 Å². The molecule has 1 N–H and O–H groups in total. The van der Waals surface area contributed by atoms with E-state index in [1.165, 1.54) is 12.1 Å². The molecule has 1 amide bonds. The first-order chi connectivity index (χ1) is 9.90. The van der Waals surface area contributed by atoms with Gasteiger partial charge in [0.05, 0.1) is 4.92 Å². The molecule has 0 atom stereocenters. The van der Waals surface area contributed by atoms with Crippen LogP contribution in [0.25, 0.3) is 0 Å². The Bertz CT molecular complexity index is 729. The third kappa shape index (κ3) is 3.28. The second-order valence-electron chi connectivity index (χ2n) is 4.62. The number of carbonyl (C=O) groups excluding carboxylic acids is 1. The first kappa shape index (κ1) is 15.2. The summed E-state index contributed by atoms with van der Waals surface area (Å²) in [6, 6.07) is 9.73. The molecule has 0 aliphatic carbocycles. The number of rotatable bonds is 3. The fourth-order valence-corrected chi connectivity index (χ4v) is 2.31. The lowest BCUT2D eigenvalue weighted by Gasteiger charge is -2.10. The van der Waals surface area contributed by atoms with Crippen molar-refractivity contribution in [2.45, 2.75) is 13.8 Å². The molecule has 0 radical (unpaired) electrons. The van der Waals surface area contributed by atoms with Crippen molar-refractivity contribution >= 4 is 33.2 Å². The van der Waals surface area contributed by atoms with Crippen LogP contribution in [0.3, 0.4) is 0 Å². The molecule has 0 unspecified atom stereocenters. The Balaban J connectivity index is 2.28. The van der Waals surface area contributed by atoms with E-state index in [-0.39, 0.29) is 11.6 Å². The van der Waals surface area contributed by atoms with E-state index in [1.54, 1.807) is 25.1 Å². The number of hydrogen-bond donors (Lipinski definition) is 1. The van der Waals surface area contributed by atoms with Crippen LogP contribution in [0.2, 0.25) is 0 Å². The molecule has 0 saturated carbocycles. The van der Waals surface area contributed by atoms with Gasteiger partial charge in [0, 0.05) is 27.9 Å². The summed E-state index contributed by atoms with van der Waals surface area (Å²) in [7, 11) is 0. The third-order valence-corrected chi connectivity index (χ3v) is 4.04. The Labute approximate surface area is 130 Å². The largest absolute Gasteiger partial charge is 0.322 e. The van der Waals surface area contributed by atoms with Crippen LogP contribution in [0.5, 0.6) is 0 Å². The molecule has 108 valence electrons. The first-order valence-corrected chi connectivity index (χ1v) is 7.01. The van der Waals surface area contributed by atoms with Crippen molar-refractivity contribution in [3.63, 3.8) is 0 Å². The van der Waals surface area contributed by atoms with E-state index >= 15 is 0 Å². The van der Waals surface area contributed by atoms with Crippen LogP contribution in [0.1, 0.15) is 21.5 Å². The van der Waals surface area contributed by atoms with E-state index in [1.807, 2.05) is 13.0 Å². The number of carbonyl (C=O) groups is 1. The van der Waals surface area contributed by atoms with Crippen LogP contribution in [0.15, 0.2) is 40.9 Å². The van der Waals surface area contributed by atoms with Gasteiger partial charge in [0.15, 0.2) is 0 Å². The number of anilines is 1. The number of non-ortho nitro benzene ring substituents is 1. The molecule has 5 nitrogen and oxygen atoms in total. The predicted octanol–water partition coefficient (Wildman–Crippen LogP) is 4.23. The van der Waals surface area contributed by atoms with Gasteiger partial charge in [-0.25, -0.2) is 0 Å². The van der Waals surface area contributed by atoms with Gasteiger partial charge in [-0.3, -0.25) is 14.9 Å². The number of nitro groups is 1. The van der Waals surface area contributed by atoms with Crippen LogP contribution < -0.4 is 5.32 Å². The van der Waals surface area contributed by atoms with Gasteiger partial charge in [0.25, 0.3) is 11.6 Å². The topological polar surface area (TPSA) is 72.2 Å². The van der Waals surface area contributed by atoms with E-state index < -0.39 is 4.92 Å². The number of hydrogen-bond acceptors (Lipinski definition) is 3. The van der Waals surface area contributed by atoms with Crippen LogP contribution in [-0.4, -0.2) is 10.8 Å². The summed E-state index contributed by atoms with van der Waals surface area (Å²) in [4.78, 5) is 22.5. The first-order valence-electron chi connectivity index (χ1n) is 6.21. The minimum Gasteiger partial charge on any atom is -0.322 e. The molecule has 0 spiro atoms. The predicted molar refractivity (Wildman–Crippen MR) is 84.7 cm³/mol. The molecule has 0 heterocycles. The lowest BCUT2D eigenvalue weighted by molar-refractivity contribution is -0.384. The molecule has 0 fully saturated rings. The number of nitrogens with zero attached hydrogens (tertiary/aromatic N) is 1. The summed E-state index contributed by atoms with van der Waals surface area (Å²) < 4.78 is 0.857. The minimum absolute atomic E-state index is 0.00383. The van der Waals surface area contributed by atoms with Crippen molar-refractivity contribution in [1.82, 2.24) is 0 Å². The molecule has 2 rings (SSSR count). The van der Waals surface area contributed by atoms with Gasteiger partial charge in [-0.1, -0.05) is 22.0 Å². The van der Waals surface area contributed by atoms with Gasteiger partial charge in [-0.15, -0.1) is 0 Å². The highest BCUT2D eigenvalue weighted by Crippen LogP contribution is 2.24. The van der Waals surface area contributed by atoms with Crippen molar-refractivity contribution in [3.8, 4) is 0 Å². The number of nitro benzene ring substituents is 1. The number of amides is 1. The van der Waals surface area contributed by atoms with E-state index in [9.17, 15) is 14.9 Å². The quantitative estimate of drug-likeness (QED) is 0.666. The zero-order chi connectivity index (χ0) is 15.6. The maximum Gasteiger partial charge on any atom is 0.269 e. The average Bonchev–Trinajstić information content (AvgIpc) is 2.43. The van der Waals surface area contributed by atoms with Crippen molar-refractivity contribution in [1.29, 1.82) is 0 Å². The number of nitrogens with one attached hydrogen (secondary N) is 1. The summed E-state index contributed by atoms with van der Waals surface area (Å²) in [6.07, 6.45) is 0. The van der Waals surface area contributed by atoms with Crippen LogP contribution >= 0.6 is 15.9 Å². The molecule has 0 aromatic heterocycles. The Morgan fingerprint density at radius 2 is 1.95 bits per heavy atom. The molecule has 2 aromatic carbocycles. The van der Waals surface area contributed by atoms with Gasteiger partial charge in [-0.05, 0) is 43.2 Å². The van der Waals surface area contributed by atoms with Crippen molar-refractivity contribution in [3.05, 3.63) is 67.7 Å². The van der Waals surface area contributed by atoms with E-state index in [2.05, 4.69) is 21.2 Å². The smallest absolute Gasteiger partial charge is 0.269 e. The van der Waals surface area contributed by atoms with Crippen LogP contribution in [0.4, 0.5) is 11.4 Å². The highest BCUT2D eigenvalue weighted by molar-refractivity contribution is 9.10. The van der Waals surface area contributed by atoms with Gasteiger partial charge >= 0.3 is 0 Å². The molecule has 0 aliphatic heterocycles. The average molecular weight is 349 g/mol. The Morgan fingerprint density at radius 1 is 1.24 bits per heavy atom. The molecule has 21 heavy (non-hydrogen) atoms. The molecule has 0 aliphatic rings. The standard InChI is InChI=1S/C15H13BrN2O3/c1-9-8-11(18(20)21)6-7-14(9)17-15(19)12-4-3-5-13(16)10(12)2/h3-8H,1-2H3,(H,17,19). The monoisotopic (exact) mass is 348 g/mol. The Kier molecular flexibility index (Phi) is 4.37. The highest BCUT2D eigenvalue weighted by atomic mass is 79.9. The van der Waals surface area contributed by atoms with E-state index in [4.69, 9.17) is 0 Å². The second-order valence-corrected chi connectivity index (χ2v) is 5.48. The fourth-order valence-electron chi connectivity index (χ4n) is 1.94.